The van der Waals surface area contributed by atoms with Crippen LogP contribution in [0.4, 0.5) is 5.69 Å². The summed E-state index contributed by atoms with van der Waals surface area (Å²) in [6, 6.07) is 2.98. The fourth-order valence-electron chi connectivity index (χ4n) is 1.77. The first-order chi connectivity index (χ1) is 9.56. The molecule has 0 radical (unpaired) electrons. The van der Waals surface area contributed by atoms with Crippen LogP contribution in [-0.2, 0) is 9.53 Å². The largest absolute Gasteiger partial charge is 0.496 e. The van der Waals surface area contributed by atoms with Gasteiger partial charge in [0, 0.05) is 12.0 Å². The molecule has 1 saturated carbocycles. The van der Waals surface area contributed by atoms with Crippen molar-refractivity contribution in [1.82, 2.24) is 0 Å². The number of halogens is 1. The van der Waals surface area contributed by atoms with E-state index < -0.39 is 5.97 Å². The lowest BCUT2D eigenvalue weighted by molar-refractivity contribution is -0.117. The van der Waals surface area contributed by atoms with Gasteiger partial charge in [-0.3, -0.25) is 4.79 Å². The number of carbonyl (C=O) groups excluding carboxylic acids is 2. The Morgan fingerprint density at radius 2 is 2.10 bits per heavy atom. The molecule has 0 unspecified atom stereocenters. The van der Waals surface area contributed by atoms with Gasteiger partial charge in [-0.2, -0.15) is 0 Å². The van der Waals surface area contributed by atoms with Crippen LogP contribution in [0.25, 0.3) is 0 Å². The molecule has 1 aliphatic rings. The summed E-state index contributed by atoms with van der Waals surface area (Å²) in [5.41, 5.74) is 0.678. The smallest absolute Gasteiger partial charge is 0.341 e. The van der Waals surface area contributed by atoms with Gasteiger partial charge in [-0.1, -0.05) is 11.6 Å². The maximum atomic E-state index is 11.8. The summed E-state index contributed by atoms with van der Waals surface area (Å²) in [6.07, 6.45) is 1.81. The third-order valence-corrected chi connectivity index (χ3v) is 3.30. The molecule has 5 nitrogen and oxygen atoms in total. The number of methoxy groups -OCH3 is 1. The molecule has 6 heteroatoms. The van der Waals surface area contributed by atoms with E-state index in [4.69, 9.17) is 21.1 Å². The van der Waals surface area contributed by atoms with Crippen LogP contribution in [0.15, 0.2) is 12.1 Å². The van der Waals surface area contributed by atoms with Gasteiger partial charge in [-0.25, -0.2) is 4.79 Å². The standard InChI is InChI=1S/C14H16ClNO4/c1-3-20-14(18)9-6-10(15)11(7-12(9)19-2)16-13(17)8-4-5-8/h6-8H,3-5H2,1-2H3,(H,16,17). The van der Waals surface area contributed by atoms with Crippen molar-refractivity contribution in [2.45, 2.75) is 19.8 Å². The number of amides is 1. The third kappa shape index (κ3) is 3.22. The lowest BCUT2D eigenvalue weighted by atomic mass is 10.1. The van der Waals surface area contributed by atoms with E-state index in [1.807, 2.05) is 0 Å². The van der Waals surface area contributed by atoms with Gasteiger partial charge in [-0.15, -0.1) is 0 Å². The van der Waals surface area contributed by atoms with E-state index in [0.717, 1.165) is 12.8 Å². The van der Waals surface area contributed by atoms with E-state index in [-0.39, 0.29) is 29.0 Å². The molecule has 0 saturated heterocycles. The number of hydrogen-bond acceptors (Lipinski definition) is 4. The Bertz CT molecular complexity index is 540. The number of carbonyl (C=O) groups is 2. The Morgan fingerprint density at radius 3 is 2.65 bits per heavy atom. The first-order valence-corrected chi connectivity index (χ1v) is 6.80. The first-order valence-electron chi connectivity index (χ1n) is 6.42. The fourth-order valence-corrected chi connectivity index (χ4v) is 1.98. The molecule has 1 aromatic carbocycles. The SMILES string of the molecule is CCOC(=O)c1cc(Cl)c(NC(=O)C2CC2)cc1OC. The summed E-state index contributed by atoms with van der Waals surface area (Å²) in [4.78, 5) is 23.5. The lowest BCUT2D eigenvalue weighted by Crippen LogP contribution is -2.14. The maximum absolute atomic E-state index is 11.8. The fraction of sp³-hybridized carbons (Fsp3) is 0.429. The van der Waals surface area contributed by atoms with Crippen molar-refractivity contribution in [3.63, 3.8) is 0 Å². The van der Waals surface area contributed by atoms with E-state index in [1.54, 1.807) is 6.92 Å². The summed E-state index contributed by atoms with van der Waals surface area (Å²) in [5.74, 6) is -0.176. The quantitative estimate of drug-likeness (QED) is 0.849. The van der Waals surface area contributed by atoms with Crippen LogP contribution in [0.1, 0.15) is 30.1 Å². The zero-order valence-electron chi connectivity index (χ0n) is 11.4. The normalized spacial score (nSPS) is 13.8. The Labute approximate surface area is 122 Å². The predicted octanol–water partition coefficient (Wildman–Crippen LogP) is 2.87. The van der Waals surface area contributed by atoms with Gasteiger partial charge in [0.2, 0.25) is 5.91 Å². The van der Waals surface area contributed by atoms with Crippen LogP contribution in [0.2, 0.25) is 5.02 Å². The van der Waals surface area contributed by atoms with Gasteiger partial charge in [-0.05, 0) is 25.8 Å². The van der Waals surface area contributed by atoms with Gasteiger partial charge in [0.05, 0.1) is 24.4 Å². The topological polar surface area (TPSA) is 64.6 Å². The average molecular weight is 298 g/mol. The minimum absolute atomic E-state index is 0.0576. The monoisotopic (exact) mass is 297 g/mol. The molecular weight excluding hydrogens is 282 g/mol. The highest BCUT2D eigenvalue weighted by atomic mass is 35.5. The summed E-state index contributed by atoms with van der Waals surface area (Å²) in [7, 11) is 1.44. The highest BCUT2D eigenvalue weighted by Crippen LogP contribution is 2.34. The van der Waals surface area contributed by atoms with Gasteiger partial charge < -0.3 is 14.8 Å². The molecule has 0 spiro atoms. The lowest BCUT2D eigenvalue weighted by Gasteiger charge is -2.12. The molecule has 1 aromatic rings. The van der Waals surface area contributed by atoms with Gasteiger partial charge in [0.1, 0.15) is 11.3 Å². The van der Waals surface area contributed by atoms with Crippen LogP contribution in [0, 0.1) is 5.92 Å². The second kappa shape index (κ2) is 6.13. The average Bonchev–Trinajstić information content (AvgIpc) is 3.25. The van der Waals surface area contributed by atoms with E-state index in [2.05, 4.69) is 5.32 Å². The second-order valence-corrected chi connectivity index (χ2v) is 4.92. The number of ether oxygens (including phenoxy) is 2. The predicted molar refractivity (Wildman–Crippen MR) is 75.3 cm³/mol. The number of rotatable bonds is 5. The highest BCUT2D eigenvalue weighted by Gasteiger charge is 2.30. The minimum atomic E-state index is -0.508. The van der Waals surface area contributed by atoms with Gasteiger partial charge >= 0.3 is 5.97 Å². The molecule has 1 fully saturated rings. The summed E-state index contributed by atoms with van der Waals surface area (Å²) >= 11 is 6.09. The van der Waals surface area contributed by atoms with E-state index >= 15 is 0 Å². The maximum Gasteiger partial charge on any atom is 0.341 e. The van der Waals surface area contributed by atoms with Crippen LogP contribution >= 0.6 is 11.6 Å². The molecule has 1 aliphatic carbocycles. The molecule has 0 aliphatic heterocycles. The molecule has 0 bridgehead atoms. The summed E-state index contributed by atoms with van der Waals surface area (Å²) < 4.78 is 10.1. The van der Waals surface area contributed by atoms with Crippen molar-refractivity contribution < 1.29 is 19.1 Å². The zero-order chi connectivity index (χ0) is 14.7. The number of benzene rings is 1. The molecule has 0 atom stereocenters. The molecule has 2 rings (SSSR count). The summed E-state index contributed by atoms with van der Waals surface area (Å²) in [6.45, 7) is 1.98. The minimum Gasteiger partial charge on any atom is -0.496 e. The third-order valence-electron chi connectivity index (χ3n) is 2.99. The summed E-state index contributed by atoms with van der Waals surface area (Å²) in [5, 5.41) is 3.02. The Balaban J connectivity index is 2.26. The molecule has 0 aromatic heterocycles. The number of anilines is 1. The van der Waals surface area contributed by atoms with Crippen molar-refractivity contribution >= 4 is 29.2 Å². The van der Waals surface area contributed by atoms with Crippen LogP contribution in [-0.4, -0.2) is 25.6 Å². The van der Waals surface area contributed by atoms with Crippen molar-refractivity contribution in [2.24, 2.45) is 5.92 Å². The highest BCUT2D eigenvalue weighted by molar-refractivity contribution is 6.34. The number of nitrogens with one attached hydrogen (secondary N) is 1. The van der Waals surface area contributed by atoms with Crippen LogP contribution < -0.4 is 10.1 Å². The molecule has 20 heavy (non-hydrogen) atoms. The second-order valence-electron chi connectivity index (χ2n) is 4.52. The number of hydrogen-bond donors (Lipinski definition) is 1. The molecule has 108 valence electrons. The molecule has 0 heterocycles. The first kappa shape index (κ1) is 14.7. The van der Waals surface area contributed by atoms with Crippen molar-refractivity contribution in [3.05, 3.63) is 22.7 Å². The molecular formula is C14H16ClNO4. The van der Waals surface area contributed by atoms with Crippen LogP contribution in [0.5, 0.6) is 5.75 Å². The zero-order valence-corrected chi connectivity index (χ0v) is 12.1. The van der Waals surface area contributed by atoms with E-state index in [0.29, 0.717) is 11.4 Å². The number of esters is 1. The van der Waals surface area contributed by atoms with Crippen molar-refractivity contribution in [1.29, 1.82) is 0 Å². The van der Waals surface area contributed by atoms with Crippen molar-refractivity contribution in [3.8, 4) is 5.75 Å². The molecule has 1 amide bonds. The van der Waals surface area contributed by atoms with Gasteiger partial charge in [0.15, 0.2) is 0 Å². The molecule has 1 N–H and O–H groups in total. The van der Waals surface area contributed by atoms with Crippen molar-refractivity contribution in [2.75, 3.05) is 19.0 Å². The Kier molecular flexibility index (Phi) is 4.49. The Morgan fingerprint density at radius 1 is 1.40 bits per heavy atom. The van der Waals surface area contributed by atoms with Crippen LogP contribution in [0.3, 0.4) is 0 Å². The van der Waals surface area contributed by atoms with E-state index in [1.165, 1.54) is 19.2 Å². The Hall–Kier alpha value is -1.75. The van der Waals surface area contributed by atoms with E-state index in [9.17, 15) is 9.59 Å². The van der Waals surface area contributed by atoms with Gasteiger partial charge in [0.25, 0.3) is 0 Å².